The summed E-state index contributed by atoms with van der Waals surface area (Å²) < 4.78 is 0.968. The van der Waals surface area contributed by atoms with Crippen LogP contribution in [0.4, 0.5) is 0 Å². The molecular weight excluding hydrogens is 323 g/mol. The monoisotopic (exact) mass is 330 g/mol. The maximum atomic E-state index is 6.57. The third kappa shape index (κ3) is 2.35. The van der Waals surface area contributed by atoms with Crippen molar-refractivity contribution < 1.29 is 0 Å². The van der Waals surface area contributed by atoms with E-state index in [9.17, 15) is 0 Å². The largest absolute Gasteiger partial charge is 0.311 e. The molecular formula is C12H9BrCl2Si. The summed E-state index contributed by atoms with van der Waals surface area (Å²) in [5, 5.41) is 2.00. The van der Waals surface area contributed by atoms with Crippen molar-refractivity contribution in [2.24, 2.45) is 0 Å². The fourth-order valence-electron chi connectivity index (χ4n) is 1.52. The van der Waals surface area contributed by atoms with Crippen molar-refractivity contribution in [1.82, 2.24) is 0 Å². The van der Waals surface area contributed by atoms with Gasteiger partial charge in [-0.3, -0.25) is 0 Å². The molecule has 4 heteroatoms. The zero-order valence-electron chi connectivity index (χ0n) is 8.33. The topological polar surface area (TPSA) is 0 Å². The maximum absolute atomic E-state index is 6.57. The van der Waals surface area contributed by atoms with Crippen LogP contribution in [0.3, 0.4) is 0 Å². The predicted octanol–water partition coefficient (Wildman–Crippen LogP) is 3.48. The minimum Gasteiger partial charge on any atom is -0.134 e. The maximum Gasteiger partial charge on any atom is 0.311 e. The lowest BCUT2D eigenvalue weighted by Crippen LogP contribution is -2.49. The number of hydrogen-bond donors (Lipinski definition) is 0. The Morgan fingerprint density at radius 2 is 1.38 bits per heavy atom. The van der Waals surface area contributed by atoms with Gasteiger partial charge in [-0.15, -0.1) is 22.2 Å². The lowest BCUT2D eigenvalue weighted by Gasteiger charge is -2.18. The summed E-state index contributed by atoms with van der Waals surface area (Å²) in [6.45, 7) is -2.60. The summed E-state index contributed by atoms with van der Waals surface area (Å²) in [6, 6.07) is 17.7. The Bertz CT molecular complexity index is 485. The summed E-state index contributed by atoms with van der Waals surface area (Å²) in [5.74, 6) is 0. The van der Waals surface area contributed by atoms with E-state index in [1.54, 1.807) is 0 Å². The van der Waals surface area contributed by atoms with Crippen molar-refractivity contribution in [2.45, 2.75) is 0 Å². The zero-order chi connectivity index (χ0) is 11.6. The molecule has 0 atom stereocenters. The molecule has 2 aromatic rings. The smallest absolute Gasteiger partial charge is 0.134 e. The van der Waals surface area contributed by atoms with Gasteiger partial charge in [-0.1, -0.05) is 64.5 Å². The van der Waals surface area contributed by atoms with Crippen molar-refractivity contribution in [3.63, 3.8) is 0 Å². The van der Waals surface area contributed by atoms with E-state index < -0.39 is 6.69 Å². The second-order valence-electron chi connectivity index (χ2n) is 3.42. The van der Waals surface area contributed by atoms with Crippen LogP contribution in [0.2, 0.25) is 0 Å². The van der Waals surface area contributed by atoms with Crippen molar-refractivity contribution in [1.29, 1.82) is 0 Å². The average molecular weight is 332 g/mol. The number of benzene rings is 2. The third-order valence-electron chi connectivity index (χ3n) is 2.35. The van der Waals surface area contributed by atoms with E-state index in [1.807, 2.05) is 54.6 Å². The van der Waals surface area contributed by atoms with Crippen molar-refractivity contribution >= 4 is 55.2 Å². The Balaban J connectivity index is 2.51. The molecule has 0 heterocycles. The van der Waals surface area contributed by atoms with Gasteiger partial charge in [-0.2, -0.15) is 0 Å². The highest BCUT2D eigenvalue weighted by Gasteiger charge is 2.34. The fraction of sp³-hybridized carbons (Fsp3) is 0. The van der Waals surface area contributed by atoms with Crippen LogP contribution in [-0.2, 0) is 0 Å². The normalized spacial score (nSPS) is 11.4. The summed E-state index contributed by atoms with van der Waals surface area (Å²) >= 11 is 16.6. The van der Waals surface area contributed by atoms with Gasteiger partial charge in [0.2, 0.25) is 0 Å². The van der Waals surface area contributed by atoms with Crippen LogP contribution < -0.4 is 10.4 Å². The first-order chi connectivity index (χ1) is 7.62. The van der Waals surface area contributed by atoms with Gasteiger partial charge >= 0.3 is 6.69 Å². The second-order valence-corrected chi connectivity index (χ2v) is 10.5. The standard InChI is InChI=1S/C12H9BrCl2Si/c13-11-8-4-5-9-12(11)16(14,15)10-6-2-1-3-7-10/h1-9H. The van der Waals surface area contributed by atoms with Crippen molar-refractivity contribution in [2.75, 3.05) is 0 Å². The molecule has 2 rings (SSSR count). The second kappa shape index (κ2) is 4.92. The van der Waals surface area contributed by atoms with Gasteiger partial charge in [0.25, 0.3) is 0 Å². The predicted molar refractivity (Wildman–Crippen MR) is 77.3 cm³/mol. The van der Waals surface area contributed by atoms with E-state index >= 15 is 0 Å². The Morgan fingerprint density at radius 3 is 2.00 bits per heavy atom. The quantitative estimate of drug-likeness (QED) is 0.583. The zero-order valence-corrected chi connectivity index (χ0v) is 12.4. The molecule has 0 saturated carbocycles. The molecule has 0 aromatic heterocycles. The van der Waals surface area contributed by atoms with E-state index in [-0.39, 0.29) is 0 Å². The highest BCUT2D eigenvalue weighted by atomic mass is 79.9. The third-order valence-corrected chi connectivity index (χ3v) is 8.11. The lowest BCUT2D eigenvalue weighted by molar-refractivity contribution is 1.70. The molecule has 0 amide bonds. The summed E-state index contributed by atoms with van der Waals surface area (Å²) in [5.41, 5.74) is 0. The number of halogens is 3. The molecule has 0 aliphatic heterocycles. The fourth-order valence-corrected chi connectivity index (χ4v) is 6.74. The van der Waals surface area contributed by atoms with Gasteiger partial charge in [0.05, 0.1) is 0 Å². The minimum atomic E-state index is -2.60. The molecule has 0 bridgehead atoms. The molecule has 0 aliphatic carbocycles. The van der Waals surface area contributed by atoms with Crippen LogP contribution >= 0.6 is 38.1 Å². The Hall–Kier alpha value is -0.283. The molecule has 0 nitrogen and oxygen atoms in total. The van der Waals surface area contributed by atoms with Crippen LogP contribution in [0.15, 0.2) is 59.1 Å². The summed E-state index contributed by atoms with van der Waals surface area (Å²) in [7, 11) is 0. The van der Waals surface area contributed by atoms with Gasteiger partial charge in [0, 0.05) is 4.47 Å². The van der Waals surface area contributed by atoms with Crippen molar-refractivity contribution in [3.05, 3.63) is 59.1 Å². The van der Waals surface area contributed by atoms with E-state index in [0.29, 0.717) is 0 Å². The van der Waals surface area contributed by atoms with Gasteiger partial charge in [-0.25, -0.2) is 0 Å². The SMILES string of the molecule is Cl[Si](Cl)(c1ccccc1)c1ccccc1Br. The van der Waals surface area contributed by atoms with E-state index in [4.69, 9.17) is 22.2 Å². The molecule has 0 radical (unpaired) electrons. The molecule has 16 heavy (non-hydrogen) atoms. The first-order valence-electron chi connectivity index (χ1n) is 4.80. The van der Waals surface area contributed by atoms with Crippen molar-refractivity contribution in [3.8, 4) is 0 Å². The number of hydrogen-bond acceptors (Lipinski definition) is 0. The lowest BCUT2D eigenvalue weighted by atomic mass is 10.4. The molecule has 0 fully saturated rings. The van der Waals surface area contributed by atoms with Gasteiger partial charge < -0.3 is 0 Å². The first kappa shape index (κ1) is 12.2. The first-order valence-corrected chi connectivity index (χ1v) is 9.62. The molecule has 0 N–H and O–H groups in total. The Morgan fingerprint density at radius 1 is 0.812 bits per heavy atom. The van der Waals surface area contributed by atoms with E-state index in [2.05, 4.69) is 15.9 Å². The van der Waals surface area contributed by atoms with Crippen LogP contribution in [-0.4, -0.2) is 6.69 Å². The molecule has 0 aliphatic rings. The molecule has 2 aromatic carbocycles. The summed E-state index contributed by atoms with van der Waals surface area (Å²) in [6.07, 6.45) is 0. The van der Waals surface area contributed by atoms with Gasteiger partial charge in [-0.05, 0) is 16.4 Å². The van der Waals surface area contributed by atoms with Gasteiger partial charge in [0.15, 0.2) is 0 Å². The van der Waals surface area contributed by atoms with Gasteiger partial charge in [0.1, 0.15) is 0 Å². The van der Waals surface area contributed by atoms with E-state index in [0.717, 1.165) is 14.8 Å². The summed E-state index contributed by atoms with van der Waals surface area (Å²) in [4.78, 5) is 0. The molecule has 82 valence electrons. The average Bonchev–Trinajstić information content (AvgIpc) is 2.30. The van der Waals surface area contributed by atoms with Crippen LogP contribution in [0.1, 0.15) is 0 Å². The highest BCUT2D eigenvalue weighted by molar-refractivity contribution is 9.10. The Kier molecular flexibility index (Phi) is 3.75. The number of rotatable bonds is 2. The molecule has 0 saturated heterocycles. The Labute approximate surface area is 114 Å². The minimum absolute atomic E-state index is 0.968. The van der Waals surface area contributed by atoms with Crippen LogP contribution in [0.25, 0.3) is 0 Å². The van der Waals surface area contributed by atoms with Crippen LogP contribution in [0, 0.1) is 0 Å². The molecule has 0 unspecified atom stereocenters. The van der Waals surface area contributed by atoms with Crippen LogP contribution in [0.5, 0.6) is 0 Å². The molecule has 0 spiro atoms. The highest BCUT2D eigenvalue weighted by Crippen LogP contribution is 2.20. The van der Waals surface area contributed by atoms with E-state index in [1.165, 1.54) is 0 Å².